The molecule has 4 nitrogen and oxygen atoms in total. The van der Waals surface area contributed by atoms with Gasteiger partial charge in [0.1, 0.15) is 12.2 Å². The van der Waals surface area contributed by atoms with Gasteiger partial charge in [-0.3, -0.25) is 0 Å². The Morgan fingerprint density at radius 2 is 1.12 bits per heavy atom. The molecule has 0 aliphatic heterocycles. The molecule has 0 N–H and O–H groups in total. The molecule has 0 aromatic heterocycles. The second kappa shape index (κ2) is 11.0. The highest BCUT2D eigenvalue weighted by Crippen LogP contribution is 2.07. The maximum atomic E-state index is 11.7. The van der Waals surface area contributed by atoms with E-state index in [4.69, 9.17) is 22.3 Å². The minimum absolute atomic E-state index is 0.262. The highest BCUT2D eigenvalue weighted by molar-refractivity contribution is 5.93. The van der Waals surface area contributed by atoms with Crippen LogP contribution < -0.4 is 0 Å². The van der Waals surface area contributed by atoms with Crippen molar-refractivity contribution in [1.29, 1.82) is 0 Å². The summed E-state index contributed by atoms with van der Waals surface area (Å²) in [4.78, 5) is 23.4. The van der Waals surface area contributed by atoms with Gasteiger partial charge in [-0.1, -0.05) is 11.8 Å². The molecule has 118 valence electrons. The first-order valence-corrected chi connectivity index (χ1v) is 7.04. The van der Waals surface area contributed by atoms with Gasteiger partial charge in [-0.05, 0) is 24.3 Å². The second-order valence-corrected chi connectivity index (χ2v) is 4.32. The standard InChI is InChI=1S/C20H14O4/c1-3-5-7-9-15-23-19(21)17-11-13-18(14-12-17)20(22)24-16-10-8-6-4-2/h1-2,11-14H,5-8H2. The zero-order valence-electron chi connectivity index (χ0n) is 12.9. The molecule has 0 bridgehead atoms. The van der Waals surface area contributed by atoms with E-state index in [0.717, 1.165) is 0 Å². The van der Waals surface area contributed by atoms with Gasteiger partial charge in [0.15, 0.2) is 0 Å². The van der Waals surface area contributed by atoms with E-state index in [1.54, 1.807) is 0 Å². The highest BCUT2D eigenvalue weighted by Gasteiger charge is 2.10. The van der Waals surface area contributed by atoms with Gasteiger partial charge in [0, 0.05) is 25.7 Å². The largest absolute Gasteiger partial charge is 0.369 e. The number of hydrogen-bond acceptors (Lipinski definition) is 4. The van der Waals surface area contributed by atoms with Crippen molar-refractivity contribution in [1.82, 2.24) is 0 Å². The third-order valence-corrected chi connectivity index (χ3v) is 2.58. The summed E-state index contributed by atoms with van der Waals surface area (Å²) in [5, 5.41) is 0. The molecule has 4 heteroatoms. The number of ether oxygens (including phenoxy) is 2. The maximum Gasteiger partial charge on any atom is 0.352 e. The Labute approximate surface area is 141 Å². The molecular formula is C20H14O4. The van der Waals surface area contributed by atoms with Crippen LogP contribution in [0.2, 0.25) is 0 Å². The van der Waals surface area contributed by atoms with E-state index in [2.05, 4.69) is 35.9 Å². The van der Waals surface area contributed by atoms with Crippen LogP contribution in [0.4, 0.5) is 0 Å². The lowest BCUT2D eigenvalue weighted by molar-refractivity contribution is 0.0676. The van der Waals surface area contributed by atoms with Crippen LogP contribution in [0.1, 0.15) is 46.4 Å². The third-order valence-electron chi connectivity index (χ3n) is 2.58. The van der Waals surface area contributed by atoms with Crippen LogP contribution in [0.25, 0.3) is 0 Å². The predicted molar refractivity (Wildman–Crippen MR) is 89.0 cm³/mol. The first-order chi connectivity index (χ1) is 11.7. The number of rotatable bonds is 4. The molecule has 0 amide bonds. The zero-order chi connectivity index (χ0) is 17.6. The van der Waals surface area contributed by atoms with Gasteiger partial charge in [-0.2, -0.15) is 0 Å². The zero-order valence-corrected chi connectivity index (χ0v) is 12.9. The number of carbonyl (C=O) groups is 2. The Kier molecular flexibility index (Phi) is 8.48. The van der Waals surface area contributed by atoms with E-state index in [9.17, 15) is 9.59 Å². The highest BCUT2D eigenvalue weighted by atomic mass is 16.5. The second-order valence-electron chi connectivity index (χ2n) is 4.32. The van der Waals surface area contributed by atoms with Gasteiger partial charge in [-0.25, -0.2) is 9.59 Å². The summed E-state index contributed by atoms with van der Waals surface area (Å²) in [6.45, 7) is 0. The third kappa shape index (κ3) is 6.91. The Bertz CT molecular complexity index is 712. The number of unbranched alkanes of at least 4 members (excludes halogenated alkanes) is 2. The molecule has 0 radical (unpaired) electrons. The van der Waals surface area contributed by atoms with Gasteiger partial charge >= 0.3 is 11.9 Å². The van der Waals surface area contributed by atoms with Crippen molar-refractivity contribution in [2.45, 2.75) is 25.7 Å². The molecule has 1 aromatic carbocycles. The lowest BCUT2D eigenvalue weighted by Crippen LogP contribution is -2.04. The molecule has 0 saturated carbocycles. The van der Waals surface area contributed by atoms with Crippen molar-refractivity contribution >= 4 is 11.9 Å². The van der Waals surface area contributed by atoms with Gasteiger partial charge < -0.3 is 9.47 Å². The van der Waals surface area contributed by atoms with Crippen LogP contribution in [0.15, 0.2) is 24.3 Å². The number of esters is 2. The molecule has 0 atom stereocenters. The monoisotopic (exact) mass is 318 g/mol. The number of carbonyl (C=O) groups excluding carboxylic acids is 2. The molecule has 1 aromatic rings. The fraction of sp³-hybridized carbons (Fsp3) is 0.200. The van der Waals surface area contributed by atoms with Crippen LogP contribution in [0.3, 0.4) is 0 Å². The quantitative estimate of drug-likeness (QED) is 0.487. The van der Waals surface area contributed by atoms with Gasteiger partial charge in [0.25, 0.3) is 0 Å². The fourth-order valence-electron chi connectivity index (χ4n) is 1.40. The predicted octanol–water partition coefficient (Wildman–Crippen LogP) is 2.75. The van der Waals surface area contributed by atoms with Crippen LogP contribution in [-0.2, 0) is 9.47 Å². The summed E-state index contributed by atoms with van der Waals surface area (Å²) < 4.78 is 9.51. The van der Waals surface area contributed by atoms with E-state index >= 15 is 0 Å². The molecule has 0 unspecified atom stereocenters. The molecule has 0 aliphatic carbocycles. The summed E-state index contributed by atoms with van der Waals surface area (Å²) >= 11 is 0. The van der Waals surface area contributed by atoms with Crippen LogP contribution >= 0.6 is 0 Å². The van der Waals surface area contributed by atoms with E-state index in [-0.39, 0.29) is 11.1 Å². The van der Waals surface area contributed by atoms with E-state index < -0.39 is 11.9 Å². The number of terminal acetylenes is 2. The van der Waals surface area contributed by atoms with Gasteiger partial charge in [0.05, 0.1) is 11.1 Å². The van der Waals surface area contributed by atoms with E-state index in [1.807, 2.05) is 0 Å². The minimum atomic E-state index is -0.614. The Balaban J connectivity index is 2.55. The average molecular weight is 318 g/mol. The molecule has 0 saturated heterocycles. The van der Waals surface area contributed by atoms with Gasteiger partial charge in [0.2, 0.25) is 0 Å². The molecular weight excluding hydrogens is 304 g/mol. The number of benzene rings is 1. The summed E-state index contributed by atoms with van der Waals surface area (Å²) in [5.74, 6) is 8.85. The number of hydrogen-bond donors (Lipinski definition) is 0. The van der Waals surface area contributed by atoms with Crippen molar-refractivity contribution in [3.05, 3.63) is 35.4 Å². The maximum absolute atomic E-state index is 11.7. The van der Waals surface area contributed by atoms with Crippen molar-refractivity contribution in [2.24, 2.45) is 0 Å². The molecule has 0 spiro atoms. The Morgan fingerprint density at radius 1 is 0.750 bits per heavy atom. The van der Waals surface area contributed by atoms with Gasteiger partial charge in [-0.15, -0.1) is 24.7 Å². The Morgan fingerprint density at radius 3 is 1.46 bits per heavy atom. The summed E-state index contributed by atoms with van der Waals surface area (Å²) in [7, 11) is 0. The van der Waals surface area contributed by atoms with Crippen molar-refractivity contribution in [3.63, 3.8) is 0 Å². The smallest absolute Gasteiger partial charge is 0.352 e. The first-order valence-electron chi connectivity index (χ1n) is 7.04. The molecule has 0 heterocycles. The minimum Gasteiger partial charge on any atom is -0.369 e. The fourth-order valence-corrected chi connectivity index (χ4v) is 1.40. The van der Waals surface area contributed by atoms with Crippen LogP contribution in [0.5, 0.6) is 0 Å². The lowest BCUT2D eigenvalue weighted by Gasteiger charge is -1.99. The van der Waals surface area contributed by atoms with E-state index in [0.29, 0.717) is 25.7 Å². The van der Waals surface area contributed by atoms with Crippen molar-refractivity contribution < 1.29 is 19.1 Å². The lowest BCUT2D eigenvalue weighted by atomic mass is 10.1. The first kappa shape index (κ1) is 18.4. The molecule has 1 rings (SSSR count). The molecule has 24 heavy (non-hydrogen) atoms. The topological polar surface area (TPSA) is 52.6 Å². The summed E-state index contributed by atoms with van der Waals surface area (Å²) in [6, 6.07) is 5.75. The Hall–Kier alpha value is -3.60. The molecule has 0 aliphatic rings. The van der Waals surface area contributed by atoms with Crippen molar-refractivity contribution in [2.75, 3.05) is 0 Å². The summed E-state index contributed by atoms with van der Waals surface area (Å²) in [6.07, 6.45) is 16.6. The van der Waals surface area contributed by atoms with Crippen LogP contribution in [0, 0.1) is 48.7 Å². The summed E-state index contributed by atoms with van der Waals surface area (Å²) in [5.41, 5.74) is 0.524. The SMILES string of the molecule is C#CCCC#COC(=O)c1ccc(C(=O)OC#CCCC#C)cc1. The normalized spacial score (nSPS) is 8.25. The molecule has 0 fully saturated rings. The average Bonchev–Trinajstić information content (AvgIpc) is 2.61. The van der Waals surface area contributed by atoms with Crippen molar-refractivity contribution in [3.8, 4) is 48.7 Å². The van der Waals surface area contributed by atoms with E-state index in [1.165, 1.54) is 24.3 Å². The van der Waals surface area contributed by atoms with Crippen LogP contribution in [-0.4, -0.2) is 11.9 Å².